The summed E-state index contributed by atoms with van der Waals surface area (Å²) in [6.07, 6.45) is 5.12. The van der Waals surface area contributed by atoms with Crippen LogP contribution >= 0.6 is 0 Å². The summed E-state index contributed by atoms with van der Waals surface area (Å²) < 4.78 is 0. The molecule has 0 amide bonds. The number of hydrogen-bond acceptors (Lipinski definition) is 1. The minimum atomic E-state index is -0.0469. The van der Waals surface area contributed by atoms with Crippen molar-refractivity contribution in [2.45, 2.75) is 38.6 Å². The Hall–Kier alpha value is -0.590. The average Bonchev–Trinajstić information content (AvgIpc) is 2.01. The Morgan fingerprint density at radius 2 is 2.10 bits per heavy atom. The standard InChI is InChI=1S/C9H17N/c1-5-8-9(6-2,7-3)10-4/h6H,2,4-5,7-8H2,1,3H3. The second kappa shape index (κ2) is 4.26. The number of aliphatic imine (C=N–C) groups is 1. The fraction of sp³-hybridized carbons (Fsp3) is 0.667. The van der Waals surface area contributed by atoms with E-state index in [2.05, 4.69) is 32.1 Å². The van der Waals surface area contributed by atoms with Crippen LogP contribution in [0.2, 0.25) is 0 Å². The van der Waals surface area contributed by atoms with E-state index < -0.39 is 0 Å². The molecule has 0 N–H and O–H groups in total. The van der Waals surface area contributed by atoms with Gasteiger partial charge in [0.2, 0.25) is 0 Å². The van der Waals surface area contributed by atoms with E-state index in [0.717, 1.165) is 19.3 Å². The molecule has 0 bridgehead atoms. The first-order valence-electron chi connectivity index (χ1n) is 3.86. The Morgan fingerprint density at radius 3 is 2.20 bits per heavy atom. The van der Waals surface area contributed by atoms with Crippen LogP contribution in [0.5, 0.6) is 0 Å². The Balaban J connectivity index is 4.14. The summed E-state index contributed by atoms with van der Waals surface area (Å²) in [7, 11) is 0. The van der Waals surface area contributed by atoms with Crippen LogP contribution < -0.4 is 0 Å². The SMILES string of the molecule is C=CC(CC)(CCC)N=C. The Bertz CT molecular complexity index is 108. The highest BCUT2D eigenvalue weighted by atomic mass is 14.8. The lowest BCUT2D eigenvalue weighted by atomic mass is 9.92. The Kier molecular flexibility index (Phi) is 4.01. The van der Waals surface area contributed by atoms with E-state index in [1.807, 2.05) is 6.08 Å². The zero-order valence-corrected chi connectivity index (χ0v) is 7.06. The molecule has 0 spiro atoms. The highest BCUT2D eigenvalue weighted by Crippen LogP contribution is 2.22. The van der Waals surface area contributed by atoms with Crippen molar-refractivity contribution in [1.82, 2.24) is 0 Å². The fourth-order valence-electron chi connectivity index (χ4n) is 1.11. The number of rotatable bonds is 5. The van der Waals surface area contributed by atoms with E-state index in [-0.39, 0.29) is 5.54 Å². The lowest BCUT2D eigenvalue weighted by Crippen LogP contribution is -2.20. The van der Waals surface area contributed by atoms with Crippen molar-refractivity contribution in [2.75, 3.05) is 0 Å². The van der Waals surface area contributed by atoms with Crippen molar-refractivity contribution >= 4 is 6.72 Å². The number of nitrogens with zero attached hydrogens (tertiary/aromatic N) is 1. The molecule has 0 aliphatic carbocycles. The quantitative estimate of drug-likeness (QED) is 0.410. The van der Waals surface area contributed by atoms with E-state index in [1.165, 1.54) is 0 Å². The highest BCUT2D eigenvalue weighted by molar-refractivity contribution is 5.28. The van der Waals surface area contributed by atoms with Crippen LogP contribution in [0.1, 0.15) is 33.1 Å². The molecule has 1 unspecified atom stereocenters. The summed E-state index contributed by atoms with van der Waals surface area (Å²) in [5.74, 6) is 0. The van der Waals surface area contributed by atoms with Gasteiger partial charge in [0, 0.05) is 0 Å². The first-order valence-corrected chi connectivity index (χ1v) is 3.86. The average molecular weight is 139 g/mol. The van der Waals surface area contributed by atoms with E-state index >= 15 is 0 Å². The molecule has 0 aromatic heterocycles. The Labute approximate surface area is 63.9 Å². The van der Waals surface area contributed by atoms with Gasteiger partial charge in [0.05, 0.1) is 5.54 Å². The van der Waals surface area contributed by atoms with Gasteiger partial charge in [-0.2, -0.15) is 0 Å². The molecule has 0 rings (SSSR count). The summed E-state index contributed by atoms with van der Waals surface area (Å²) in [5, 5.41) is 0. The maximum atomic E-state index is 4.08. The van der Waals surface area contributed by atoms with Gasteiger partial charge in [0.1, 0.15) is 0 Å². The molecule has 0 saturated heterocycles. The first-order chi connectivity index (χ1) is 4.74. The van der Waals surface area contributed by atoms with Crippen LogP contribution in [0.3, 0.4) is 0 Å². The molecule has 0 aliphatic rings. The molecule has 0 aliphatic heterocycles. The summed E-state index contributed by atoms with van der Waals surface area (Å²) in [5.41, 5.74) is -0.0469. The van der Waals surface area contributed by atoms with E-state index in [1.54, 1.807) is 0 Å². The third kappa shape index (κ3) is 1.98. The van der Waals surface area contributed by atoms with Gasteiger partial charge in [0.25, 0.3) is 0 Å². The normalized spacial score (nSPS) is 15.8. The topological polar surface area (TPSA) is 12.4 Å². The first kappa shape index (κ1) is 9.41. The highest BCUT2D eigenvalue weighted by Gasteiger charge is 2.19. The summed E-state index contributed by atoms with van der Waals surface area (Å²) in [4.78, 5) is 4.08. The summed E-state index contributed by atoms with van der Waals surface area (Å²) in [6.45, 7) is 11.6. The molecular weight excluding hydrogens is 122 g/mol. The molecule has 1 atom stereocenters. The van der Waals surface area contributed by atoms with Gasteiger partial charge in [0.15, 0.2) is 0 Å². The molecule has 58 valence electrons. The smallest absolute Gasteiger partial charge is 0.0775 e. The molecular formula is C9H17N. The molecule has 10 heavy (non-hydrogen) atoms. The minimum absolute atomic E-state index is 0.0469. The monoisotopic (exact) mass is 139 g/mol. The lowest BCUT2D eigenvalue weighted by molar-refractivity contribution is 0.472. The zero-order valence-electron chi connectivity index (χ0n) is 7.06. The summed E-state index contributed by atoms with van der Waals surface area (Å²) in [6, 6.07) is 0. The van der Waals surface area contributed by atoms with Crippen LogP contribution in [0.25, 0.3) is 0 Å². The maximum Gasteiger partial charge on any atom is 0.0775 e. The van der Waals surface area contributed by atoms with Gasteiger partial charge in [-0.25, -0.2) is 0 Å². The molecule has 0 radical (unpaired) electrons. The third-order valence-corrected chi connectivity index (χ3v) is 1.99. The van der Waals surface area contributed by atoms with Gasteiger partial charge < -0.3 is 0 Å². The zero-order chi connectivity index (χ0) is 8.04. The second-order valence-electron chi connectivity index (χ2n) is 2.57. The van der Waals surface area contributed by atoms with Crippen molar-refractivity contribution in [3.8, 4) is 0 Å². The van der Waals surface area contributed by atoms with Crippen LogP contribution in [0.15, 0.2) is 17.6 Å². The second-order valence-corrected chi connectivity index (χ2v) is 2.57. The van der Waals surface area contributed by atoms with Gasteiger partial charge >= 0.3 is 0 Å². The number of hydrogen-bond donors (Lipinski definition) is 0. The van der Waals surface area contributed by atoms with Gasteiger partial charge in [-0.15, -0.1) is 6.58 Å². The molecule has 0 aromatic carbocycles. The maximum absolute atomic E-state index is 4.08. The van der Waals surface area contributed by atoms with E-state index in [0.29, 0.717) is 0 Å². The van der Waals surface area contributed by atoms with Crippen molar-refractivity contribution in [3.05, 3.63) is 12.7 Å². The largest absolute Gasteiger partial charge is 0.290 e. The summed E-state index contributed by atoms with van der Waals surface area (Å²) >= 11 is 0. The predicted molar refractivity (Wildman–Crippen MR) is 47.7 cm³/mol. The molecule has 1 heteroatoms. The van der Waals surface area contributed by atoms with E-state index in [9.17, 15) is 0 Å². The molecule has 0 aromatic rings. The molecule has 1 nitrogen and oxygen atoms in total. The predicted octanol–water partition coefficient (Wildman–Crippen LogP) is 2.82. The van der Waals surface area contributed by atoms with Crippen molar-refractivity contribution < 1.29 is 0 Å². The molecule has 0 saturated carbocycles. The van der Waals surface area contributed by atoms with Crippen molar-refractivity contribution in [2.24, 2.45) is 4.99 Å². The Morgan fingerprint density at radius 1 is 1.50 bits per heavy atom. The van der Waals surface area contributed by atoms with Gasteiger partial charge in [-0.1, -0.05) is 26.3 Å². The van der Waals surface area contributed by atoms with Crippen LogP contribution in [-0.2, 0) is 0 Å². The van der Waals surface area contributed by atoms with Gasteiger partial charge in [-0.3, -0.25) is 4.99 Å². The fourth-order valence-corrected chi connectivity index (χ4v) is 1.11. The van der Waals surface area contributed by atoms with Gasteiger partial charge in [-0.05, 0) is 19.6 Å². The van der Waals surface area contributed by atoms with Crippen molar-refractivity contribution in [3.63, 3.8) is 0 Å². The van der Waals surface area contributed by atoms with E-state index in [4.69, 9.17) is 0 Å². The lowest BCUT2D eigenvalue weighted by Gasteiger charge is -2.22. The third-order valence-electron chi connectivity index (χ3n) is 1.99. The van der Waals surface area contributed by atoms with Crippen LogP contribution in [0.4, 0.5) is 0 Å². The minimum Gasteiger partial charge on any atom is -0.290 e. The molecule has 0 fully saturated rings. The van der Waals surface area contributed by atoms with Crippen LogP contribution in [-0.4, -0.2) is 12.3 Å². The van der Waals surface area contributed by atoms with Crippen molar-refractivity contribution in [1.29, 1.82) is 0 Å². The molecule has 0 heterocycles. The van der Waals surface area contributed by atoms with Crippen LogP contribution in [0, 0.1) is 0 Å².